The Morgan fingerprint density at radius 2 is 1.61 bits per heavy atom. The van der Waals surface area contributed by atoms with Crippen molar-refractivity contribution >= 4 is 32.6 Å². The maximum absolute atomic E-state index is 14.2. The van der Waals surface area contributed by atoms with Gasteiger partial charge in [0.05, 0.1) is 4.70 Å². The first-order valence-corrected chi connectivity index (χ1v) is 11.0. The Hall–Kier alpha value is -3.09. The van der Waals surface area contributed by atoms with Gasteiger partial charge in [0.2, 0.25) is 0 Å². The van der Waals surface area contributed by atoms with Gasteiger partial charge in [0.15, 0.2) is 5.13 Å². The summed E-state index contributed by atoms with van der Waals surface area (Å²) in [7, 11) is 4.00. The van der Waals surface area contributed by atoms with Crippen molar-refractivity contribution in [3.8, 4) is 11.1 Å². The average Bonchev–Trinajstić information content (AvgIpc) is 3.22. The van der Waals surface area contributed by atoms with Crippen molar-refractivity contribution in [2.24, 2.45) is 0 Å². The fourth-order valence-corrected chi connectivity index (χ4v) is 4.44. The van der Waals surface area contributed by atoms with Gasteiger partial charge in [-0.05, 0) is 62.5 Å². The SMILES string of the molecule is CN(C)CCCN(C(=O)c1ccc(-c2ccccc2)cc1)c1nc2c(F)cccc2s1. The van der Waals surface area contributed by atoms with Gasteiger partial charge in [-0.2, -0.15) is 0 Å². The maximum Gasteiger partial charge on any atom is 0.260 e. The highest BCUT2D eigenvalue weighted by Crippen LogP contribution is 2.31. The molecule has 4 nitrogen and oxygen atoms in total. The minimum Gasteiger partial charge on any atom is -0.309 e. The number of nitrogens with zero attached hydrogens (tertiary/aromatic N) is 3. The summed E-state index contributed by atoms with van der Waals surface area (Å²) in [4.78, 5) is 21.6. The topological polar surface area (TPSA) is 36.4 Å². The highest BCUT2D eigenvalue weighted by atomic mass is 32.1. The van der Waals surface area contributed by atoms with E-state index < -0.39 is 0 Å². The molecule has 158 valence electrons. The summed E-state index contributed by atoms with van der Waals surface area (Å²) < 4.78 is 14.9. The van der Waals surface area contributed by atoms with E-state index in [2.05, 4.69) is 9.88 Å². The van der Waals surface area contributed by atoms with E-state index in [4.69, 9.17) is 0 Å². The number of anilines is 1. The van der Waals surface area contributed by atoms with Gasteiger partial charge in [-0.1, -0.05) is 59.9 Å². The lowest BCUT2D eigenvalue weighted by Crippen LogP contribution is -2.33. The zero-order chi connectivity index (χ0) is 21.8. The Balaban J connectivity index is 1.63. The highest BCUT2D eigenvalue weighted by Gasteiger charge is 2.22. The zero-order valence-electron chi connectivity index (χ0n) is 17.6. The summed E-state index contributed by atoms with van der Waals surface area (Å²) in [5, 5.41) is 0.524. The molecule has 0 aliphatic rings. The van der Waals surface area contributed by atoms with Crippen LogP contribution in [0.15, 0.2) is 72.8 Å². The van der Waals surface area contributed by atoms with E-state index in [1.807, 2.05) is 74.8 Å². The summed E-state index contributed by atoms with van der Waals surface area (Å²) in [6.07, 6.45) is 0.791. The van der Waals surface area contributed by atoms with Crippen molar-refractivity contribution in [1.29, 1.82) is 0 Å². The number of halogens is 1. The molecule has 0 unspecified atom stereocenters. The number of thiazole rings is 1. The number of aromatic nitrogens is 1. The summed E-state index contributed by atoms with van der Waals surface area (Å²) >= 11 is 1.34. The van der Waals surface area contributed by atoms with Crippen LogP contribution >= 0.6 is 11.3 Å². The molecule has 0 radical (unpaired) electrons. The van der Waals surface area contributed by atoms with E-state index >= 15 is 0 Å². The van der Waals surface area contributed by atoms with E-state index in [-0.39, 0.29) is 11.7 Å². The molecule has 0 spiro atoms. The summed E-state index contributed by atoms with van der Waals surface area (Å²) in [6, 6.07) is 22.5. The van der Waals surface area contributed by atoms with Gasteiger partial charge in [0.1, 0.15) is 11.3 Å². The number of hydrogen-bond donors (Lipinski definition) is 0. The molecule has 0 fully saturated rings. The fraction of sp³-hybridized carbons (Fsp3) is 0.200. The summed E-state index contributed by atoms with van der Waals surface area (Å²) in [6.45, 7) is 1.36. The lowest BCUT2D eigenvalue weighted by molar-refractivity contribution is 0.0986. The van der Waals surface area contributed by atoms with E-state index in [1.54, 1.807) is 11.0 Å². The summed E-state index contributed by atoms with van der Waals surface area (Å²) in [5.41, 5.74) is 3.06. The van der Waals surface area contributed by atoms with Crippen LogP contribution in [0.1, 0.15) is 16.8 Å². The zero-order valence-corrected chi connectivity index (χ0v) is 18.4. The molecule has 31 heavy (non-hydrogen) atoms. The van der Waals surface area contributed by atoms with Gasteiger partial charge in [0.25, 0.3) is 5.91 Å². The normalized spacial score (nSPS) is 11.2. The van der Waals surface area contributed by atoms with Crippen molar-refractivity contribution in [3.63, 3.8) is 0 Å². The smallest absolute Gasteiger partial charge is 0.260 e. The molecule has 0 atom stereocenters. The van der Waals surface area contributed by atoms with Crippen molar-refractivity contribution in [3.05, 3.63) is 84.2 Å². The molecule has 6 heteroatoms. The average molecular weight is 434 g/mol. The molecule has 0 N–H and O–H groups in total. The predicted molar refractivity (Wildman–Crippen MR) is 126 cm³/mol. The van der Waals surface area contributed by atoms with Crippen LogP contribution in [0.2, 0.25) is 0 Å². The second-order valence-electron chi connectivity index (χ2n) is 7.64. The number of fused-ring (bicyclic) bond motifs is 1. The predicted octanol–water partition coefficient (Wildman–Crippen LogP) is 5.70. The Labute approximate surface area is 185 Å². The second-order valence-corrected chi connectivity index (χ2v) is 8.65. The van der Waals surface area contributed by atoms with E-state index in [0.29, 0.717) is 22.8 Å². The van der Waals surface area contributed by atoms with Gasteiger partial charge >= 0.3 is 0 Å². The molecular formula is C25H24FN3OS. The number of para-hydroxylation sites is 1. The molecule has 1 aromatic heterocycles. The molecular weight excluding hydrogens is 409 g/mol. The number of rotatable bonds is 7. The molecule has 1 amide bonds. The largest absolute Gasteiger partial charge is 0.309 e. The van der Waals surface area contributed by atoms with Gasteiger partial charge in [-0.3, -0.25) is 9.69 Å². The first-order valence-electron chi connectivity index (χ1n) is 10.2. The molecule has 4 rings (SSSR count). The molecule has 3 aromatic carbocycles. The minimum atomic E-state index is -0.368. The van der Waals surface area contributed by atoms with Crippen molar-refractivity contribution in [1.82, 2.24) is 9.88 Å². The van der Waals surface area contributed by atoms with Crippen LogP contribution in [0.25, 0.3) is 21.3 Å². The van der Waals surface area contributed by atoms with Gasteiger partial charge in [0, 0.05) is 12.1 Å². The van der Waals surface area contributed by atoms with E-state index in [1.165, 1.54) is 17.4 Å². The van der Waals surface area contributed by atoms with Crippen molar-refractivity contribution in [2.45, 2.75) is 6.42 Å². The van der Waals surface area contributed by atoms with Crippen LogP contribution in [0, 0.1) is 5.82 Å². The lowest BCUT2D eigenvalue weighted by atomic mass is 10.0. The molecule has 0 aliphatic carbocycles. The molecule has 0 bridgehead atoms. The third-order valence-electron chi connectivity index (χ3n) is 5.06. The van der Waals surface area contributed by atoms with E-state index in [9.17, 15) is 9.18 Å². The number of hydrogen-bond acceptors (Lipinski definition) is 4. The van der Waals surface area contributed by atoms with Crippen LogP contribution in [0.3, 0.4) is 0 Å². The fourth-order valence-electron chi connectivity index (χ4n) is 3.44. The maximum atomic E-state index is 14.2. The molecule has 1 heterocycles. The third kappa shape index (κ3) is 4.81. The lowest BCUT2D eigenvalue weighted by Gasteiger charge is -2.21. The monoisotopic (exact) mass is 433 g/mol. The third-order valence-corrected chi connectivity index (χ3v) is 6.10. The number of amides is 1. The van der Waals surface area contributed by atoms with Gasteiger partial charge in [-0.15, -0.1) is 0 Å². The Bertz CT molecular complexity index is 1170. The van der Waals surface area contributed by atoms with Crippen molar-refractivity contribution < 1.29 is 9.18 Å². The number of carbonyl (C=O) groups excluding carboxylic acids is 1. The first-order chi connectivity index (χ1) is 15.0. The number of carbonyl (C=O) groups is 1. The van der Waals surface area contributed by atoms with Crippen LogP contribution in [0.4, 0.5) is 9.52 Å². The van der Waals surface area contributed by atoms with Crippen LogP contribution in [0.5, 0.6) is 0 Å². The summed E-state index contributed by atoms with van der Waals surface area (Å²) in [5.74, 6) is -0.495. The van der Waals surface area contributed by atoms with Crippen LogP contribution < -0.4 is 4.90 Å². The molecule has 0 saturated carbocycles. The highest BCUT2D eigenvalue weighted by molar-refractivity contribution is 7.22. The van der Waals surface area contributed by atoms with Crippen LogP contribution in [-0.4, -0.2) is 43.0 Å². The van der Waals surface area contributed by atoms with Gasteiger partial charge in [-0.25, -0.2) is 9.37 Å². The van der Waals surface area contributed by atoms with Crippen molar-refractivity contribution in [2.75, 3.05) is 32.1 Å². The quantitative estimate of drug-likeness (QED) is 0.375. The standard InChI is InChI=1S/C25H24FN3OS/c1-28(2)16-7-17-29(25-27-23-21(26)10-6-11-22(23)31-25)24(30)20-14-12-19(13-15-20)18-8-4-3-5-9-18/h3-6,8-15H,7,16-17H2,1-2H3. The van der Waals surface area contributed by atoms with Crippen LogP contribution in [-0.2, 0) is 0 Å². The van der Waals surface area contributed by atoms with E-state index in [0.717, 1.165) is 28.8 Å². The first kappa shape index (κ1) is 21.2. The molecule has 0 aliphatic heterocycles. The van der Waals surface area contributed by atoms with Gasteiger partial charge < -0.3 is 4.90 Å². The Kier molecular flexibility index (Phi) is 6.39. The minimum absolute atomic E-state index is 0.127. The second kappa shape index (κ2) is 9.37. The number of benzene rings is 3. The Morgan fingerprint density at radius 1 is 0.903 bits per heavy atom. The molecule has 4 aromatic rings. The molecule has 0 saturated heterocycles. The Morgan fingerprint density at radius 3 is 2.29 bits per heavy atom.